The molecule has 0 atom stereocenters. The van der Waals surface area contributed by atoms with Crippen molar-refractivity contribution in [1.82, 2.24) is 4.98 Å². The molecule has 1 heterocycles. The number of fused-ring (bicyclic) bond motifs is 1. The van der Waals surface area contributed by atoms with E-state index >= 15 is 0 Å². The van der Waals surface area contributed by atoms with E-state index in [1.165, 1.54) is 0 Å². The average Bonchev–Trinajstić information content (AvgIpc) is 2.89. The summed E-state index contributed by atoms with van der Waals surface area (Å²) in [6.45, 7) is 4.01. The number of aliphatic hydroxyl groups excluding tert-OH is 1. The number of aromatic nitrogens is 1. The molecule has 3 aromatic rings. The molecule has 0 saturated heterocycles. The lowest BCUT2D eigenvalue weighted by Gasteiger charge is -2.03. The summed E-state index contributed by atoms with van der Waals surface area (Å²) in [5, 5.41) is 9.79. The van der Waals surface area contributed by atoms with E-state index in [0.29, 0.717) is 27.6 Å². The molecule has 0 radical (unpaired) electrons. The normalized spacial score (nSPS) is 10.9. The Balaban J connectivity index is 2.03. The van der Waals surface area contributed by atoms with Gasteiger partial charge in [-0.2, -0.15) is 0 Å². The van der Waals surface area contributed by atoms with Crippen LogP contribution < -0.4 is 0 Å². The minimum Gasteiger partial charge on any atom is -0.436 e. The SMILES string of the molecule is C=C(c1cccc(CO)c1)c1nc2cc(Cl)ccc2o1. The Kier molecular flexibility index (Phi) is 3.30. The van der Waals surface area contributed by atoms with Crippen molar-refractivity contribution in [3.8, 4) is 0 Å². The van der Waals surface area contributed by atoms with Crippen LogP contribution in [-0.2, 0) is 6.61 Å². The Morgan fingerprint density at radius 1 is 1.25 bits per heavy atom. The number of hydrogen-bond donors (Lipinski definition) is 1. The number of benzene rings is 2. The van der Waals surface area contributed by atoms with Gasteiger partial charge in [-0.25, -0.2) is 4.98 Å². The van der Waals surface area contributed by atoms with Gasteiger partial charge in [-0.1, -0.05) is 36.4 Å². The number of halogens is 1. The van der Waals surface area contributed by atoms with Crippen LogP contribution in [-0.4, -0.2) is 10.1 Å². The molecule has 20 heavy (non-hydrogen) atoms. The van der Waals surface area contributed by atoms with E-state index in [2.05, 4.69) is 11.6 Å². The summed E-state index contributed by atoms with van der Waals surface area (Å²) >= 11 is 5.93. The molecule has 0 unspecified atom stereocenters. The average molecular weight is 286 g/mol. The smallest absolute Gasteiger partial charge is 0.227 e. The number of nitrogens with zero attached hydrogens (tertiary/aromatic N) is 1. The molecule has 0 aliphatic heterocycles. The van der Waals surface area contributed by atoms with Crippen LogP contribution in [0.1, 0.15) is 17.0 Å². The Morgan fingerprint density at radius 3 is 2.90 bits per heavy atom. The van der Waals surface area contributed by atoms with Crippen molar-refractivity contribution in [2.24, 2.45) is 0 Å². The largest absolute Gasteiger partial charge is 0.436 e. The predicted molar refractivity (Wildman–Crippen MR) is 79.5 cm³/mol. The second-order valence-corrected chi connectivity index (χ2v) is 4.90. The number of oxazole rings is 1. The van der Waals surface area contributed by atoms with Gasteiger partial charge in [0.2, 0.25) is 5.89 Å². The molecule has 0 bridgehead atoms. The highest BCUT2D eigenvalue weighted by Crippen LogP contribution is 2.27. The first-order valence-electron chi connectivity index (χ1n) is 6.13. The minimum absolute atomic E-state index is 0.00964. The van der Waals surface area contributed by atoms with Crippen molar-refractivity contribution < 1.29 is 9.52 Å². The monoisotopic (exact) mass is 285 g/mol. The molecule has 0 saturated carbocycles. The summed E-state index contributed by atoms with van der Waals surface area (Å²) in [5.74, 6) is 0.456. The van der Waals surface area contributed by atoms with Crippen molar-refractivity contribution >= 4 is 28.3 Å². The summed E-state index contributed by atoms with van der Waals surface area (Å²) in [7, 11) is 0. The summed E-state index contributed by atoms with van der Waals surface area (Å²) in [6.07, 6.45) is 0. The molecule has 3 rings (SSSR count). The fourth-order valence-electron chi connectivity index (χ4n) is 2.01. The van der Waals surface area contributed by atoms with Crippen LogP contribution in [0.2, 0.25) is 5.02 Å². The van der Waals surface area contributed by atoms with Gasteiger partial charge in [0, 0.05) is 10.6 Å². The molecule has 0 aliphatic carbocycles. The van der Waals surface area contributed by atoms with Crippen LogP contribution in [0, 0.1) is 0 Å². The van der Waals surface area contributed by atoms with Gasteiger partial charge in [-0.3, -0.25) is 0 Å². The first-order valence-corrected chi connectivity index (χ1v) is 6.51. The third kappa shape index (κ3) is 2.33. The summed E-state index contributed by atoms with van der Waals surface area (Å²) in [4.78, 5) is 4.39. The summed E-state index contributed by atoms with van der Waals surface area (Å²) < 4.78 is 5.68. The topological polar surface area (TPSA) is 46.3 Å². The Bertz CT molecular complexity index is 792. The first-order chi connectivity index (χ1) is 9.67. The molecule has 3 nitrogen and oxygen atoms in total. The van der Waals surface area contributed by atoms with Gasteiger partial charge >= 0.3 is 0 Å². The van der Waals surface area contributed by atoms with Crippen molar-refractivity contribution in [2.75, 3.05) is 0 Å². The van der Waals surface area contributed by atoms with Gasteiger partial charge in [-0.05, 0) is 35.4 Å². The number of aliphatic hydroxyl groups is 1. The van der Waals surface area contributed by atoms with Gasteiger partial charge in [0.05, 0.1) is 6.61 Å². The molecule has 0 spiro atoms. The van der Waals surface area contributed by atoms with E-state index in [9.17, 15) is 5.11 Å². The number of rotatable bonds is 3. The maximum atomic E-state index is 9.18. The number of hydrogen-bond acceptors (Lipinski definition) is 3. The highest BCUT2D eigenvalue weighted by molar-refractivity contribution is 6.31. The molecule has 0 aliphatic rings. The van der Waals surface area contributed by atoms with Crippen LogP contribution in [0.4, 0.5) is 0 Å². The Labute approximate surface area is 121 Å². The molecule has 1 N–H and O–H groups in total. The van der Waals surface area contributed by atoms with Crippen molar-refractivity contribution in [1.29, 1.82) is 0 Å². The maximum Gasteiger partial charge on any atom is 0.227 e. The third-order valence-corrected chi connectivity index (χ3v) is 3.30. The molecular weight excluding hydrogens is 274 g/mol. The van der Waals surface area contributed by atoms with E-state index in [-0.39, 0.29) is 6.61 Å². The first kappa shape index (κ1) is 12.9. The van der Waals surface area contributed by atoms with Gasteiger partial charge in [0.25, 0.3) is 0 Å². The van der Waals surface area contributed by atoms with Gasteiger partial charge in [-0.15, -0.1) is 0 Å². The second-order valence-electron chi connectivity index (χ2n) is 4.47. The van der Waals surface area contributed by atoms with Gasteiger partial charge < -0.3 is 9.52 Å². The van der Waals surface area contributed by atoms with Crippen LogP contribution in [0.15, 0.2) is 53.5 Å². The Hall–Kier alpha value is -2.10. The molecule has 1 aromatic heterocycles. The highest BCUT2D eigenvalue weighted by Gasteiger charge is 2.11. The van der Waals surface area contributed by atoms with Crippen molar-refractivity contribution in [3.05, 3.63) is 71.1 Å². The van der Waals surface area contributed by atoms with E-state index < -0.39 is 0 Å². The lowest BCUT2D eigenvalue weighted by Crippen LogP contribution is -1.89. The summed E-state index contributed by atoms with van der Waals surface area (Å²) in [6, 6.07) is 12.8. The zero-order valence-corrected chi connectivity index (χ0v) is 11.4. The molecule has 4 heteroatoms. The van der Waals surface area contributed by atoms with Crippen LogP contribution >= 0.6 is 11.6 Å². The van der Waals surface area contributed by atoms with Gasteiger partial charge in [0.15, 0.2) is 5.58 Å². The molecule has 2 aromatic carbocycles. The third-order valence-electron chi connectivity index (χ3n) is 3.07. The predicted octanol–water partition coefficient (Wildman–Crippen LogP) is 4.04. The minimum atomic E-state index is -0.00964. The quantitative estimate of drug-likeness (QED) is 0.790. The van der Waals surface area contributed by atoms with E-state index in [1.54, 1.807) is 18.2 Å². The molecule has 100 valence electrons. The van der Waals surface area contributed by atoms with E-state index in [0.717, 1.165) is 11.1 Å². The molecule has 0 fully saturated rings. The zero-order chi connectivity index (χ0) is 14.1. The van der Waals surface area contributed by atoms with Crippen molar-refractivity contribution in [3.63, 3.8) is 0 Å². The zero-order valence-electron chi connectivity index (χ0n) is 10.6. The second kappa shape index (κ2) is 5.12. The molecule has 0 amide bonds. The standard InChI is InChI=1S/C16H12ClNO2/c1-10(12-4-2-3-11(7-12)9-19)16-18-14-8-13(17)5-6-15(14)20-16/h2-8,19H,1,9H2. The maximum absolute atomic E-state index is 9.18. The fourth-order valence-corrected chi connectivity index (χ4v) is 2.18. The van der Waals surface area contributed by atoms with Crippen LogP contribution in [0.5, 0.6) is 0 Å². The van der Waals surface area contributed by atoms with E-state index in [4.69, 9.17) is 16.0 Å². The fraction of sp³-hybridized carbons (Fsp3) is 0.0625. The highest BCUT2D eigenvalue weighted by atomic mass is 35.5. The van der Waals surface area contributed by atoms with Gasteiger partial charge in [0.1, 0.15) is 5.52 Å². The van der Waals surface area contributed by atoms with Crippen LogP contribution in [0.25, 0.3) is 16.7 Å². The lowest BCUT2D eigenvalue weighted by atomic mass is 10.0. The van der Waals surface area contributed by atoms with Crippen LogP contribution in [0.3, 0.4) is 0 Å². The Morgan fingerprint density at radius 2 is 2.10 bits per heavy atom. The van der Waals surface area contributed by atoms with E-state index in [1.807, 2.05) is 24.3 Å². The lowest BCUT2D eigenvalue weighted by molar-refractivity contribution is 0.282. The van der Waals surface area contributed by atoms with Crippen molar-refractivity contribution in [2.45, 2.75) is 6.61 Å². The molecular formula is C16H12ClNO2. The summed E-state index contributed by atoms with van der Waals surface area (Å²) in [5.41, 5.74) is 3.74.